The number of fused-ring (bicyclic) bond motifs is 3. The number of rotatable bonds is 1. The molecule has 0 unspecified atom stereocenters. The van der Waals surface area contributed by atoms with Crippen molar-refractivity contribution < 1.29 is 9.90 Å². The molecule has 0 bridgehead atoms. The Balaban J connectivity index is 2.17. The van der Waals surface area contributed by atoms with E-state index in [2.05, 4.69) is 22.2 Å². The molecule has 1 aliphatic heterocycles. The van der Waals surface area contributed by atoms with Crippen LogP contribution in [0, 0.1) is 0 Å². The molecule has 0 fully saturated rings. The van der Waals surface area contributed by atoms with E-state index in [1.807, 2.05) is 32.1 Å². The van der Waals surface area contributed by atoms with Gasteiger partial charge in [-0.1, -0.05) is 6.08 Å². The van der Waals surface area contributed by atoms with Gasteiger partial charge in [-0.3, -0.25) is 4.79 Å². The van der Waals surface area contributed by atoms with Gasteiger partial charge in [-0.2, -0.15) is 0 Å². The van der Waals surface area contributed by atoms with E-state index in [4.69, 9.17) is 0 Å². The standard InChI is InChI=1S/C16H17N3O2S/c1-4-10-11(19-9(3)20)5-6-12-13(10)14-15(22-12)16(21)18-8(2)7-17-14/h4-6,8,17,20H,3,7H2,1-2H3,(H,18,21)/b10-4+,19-11-/t8-/m1/s1. The summed E-state index contributed by atoms with van der Waals surface area (Å²) in [7, 11) is 0. The highest BCUT2D eigenvalue weighted by atomic mass is 32.1. The first-order chi connectivity index (χ1) is 10.5. The summed E-state index contributed by atoms with van der Waals surface area (Å²) >= 11 is 1.46. The van der Waals surface area contributed by atoms with Crippen molar-refractivity contribution in [1.29, 1.82) is 0 Å². The van der Waals surface area contributed by atoms with Crippen LogP contribution in [0.4, 0.5) is 5.69 Å². The summed E-state index contributed by atoms with van der Waals surface area (Å²) in [4.78, 5) is 18.1. The minimum Gasteiger partial charge on any atom is -0.494 e. The predicted molar refractivity (Wildman–Crippen MR) is 91.6 cm³/mol. The van der Waals surface area contributed by atoms with Crippen molar-refractivity contribution in [3.63, 3.8) is 0 Å². The fourth-order valence-electron chi connectivity index (χ4n) is 2.66. The average molecular weight is 315 g/mol. The smallest absolute Gasteiger partial charge is 0.263 e. The predicted octanol–water partition coefficient (Wildman–Crippen LogP) is 3.19. The first-order valence-corrected chi connectivity index (χ1v) is 7.86. The van der Waals surface area contributed by atoms with Gasteiger partial charge < -0.3 is 15.7 Å². The second-order valence-electron chi connectivity index (χ2n) is 5.25. The van der Waals surface area contributed by atoms with Crippen molar-refractivity contribution in [3.05, 3.63) is 39.9 Å². The molecule has 0 aromatic carbocycles. The molecular formula is C16H17N3O2S. The van der Waals surface area contributed by atoms with Crippen LogP contribution >= 0.6 is 11.3 Å². The molecular weight excluding hydrogens is 298 g/mol. The number of carbonyl (C=O) groups is 1. The Hall–Kier alpha value is -2.34. The van der Waals surface area contributed by atoms with Gasteiger partial charge in [-0.05, 0) is 32.6 Å². The summed E-state index contributed by atoms with van der Waals surface area (Å²) in [5.74, 6) is -0.288. The molecule has 22 heavy (non-hydrogen) atoms. The number of aliphatic imine (C=N–C) groups is 1. The number of aliphatic hydroxyl groups is 1. The van der Waals surface area contributed by atoms with Crippen molar-refractivity contribution in [1.82, 2.24) is 5.32 Å². The minimum absolute atomic E-state index is 0.0548. The number of hydrogen-bond acceptors (Lipinski definition) is 5. The molecule has 1 atom stereocenters. The van der Waals surface area contributed by atoms with E-state index in [0.717, 1.165) is 21.7 Å². The third-order valence-corrected chi connectivity index (χ3v) is 4.73. The van der Waals surface area contributed by atoms with Crippen LogP contribution in [0.25, 0.3) is 11.6 Å². The Morgan fingerprint density at radius 2 is 2.32 bits per heavy atom. The number of hydrogen-bond donors (Lipinski definition) is 3. The maximum absolute atomic E-state index is 12.3. The second kappa shape index (κ2) is 5.46. The topological polar surface area (TPSA) is 73.7 Å². The van der Waals surface area contributed by atoms with Gasteiger partial charge in [0.25, 0.3) is 5.91 Å². The van der Waals surface area contributed by atoms with E-state index in [9.17, 15) is 9.90 Å². The van der Waals surface area contributed by atoms with Crippen molar-refractivity contribution in [2.75, 3.05) is 11.9 Å². The van der Waals surface area contributed by atoms with E-state index in [1.54, 1.807) is 0 Å². The number of carbonyl (C=O) groups excluding carboxylic acids is 1. The zero-order valence-electron chi connectivity index (χ0n) is 12.4. The van der Waals surface area contributed by atoms with Crippen LogP contribution in [0.15, 0.2) is 29.6 Å². The highest BCUT2D eigenvalue weighted by Gasteiger charge is 2.29. The summed E-state index contributed by atoms with van der Waals surface area (Å²) in [6.45, 7) is 7.96. The van der Waals surface area contributed by atoms with E-state index in [-0.39, 0.29) is 17.8 Å². The Bertz CT molecular complexity index is 756. The van der Waals surface area contributed by atoms with Crippen LogP contribution < -0.4 is 10.6 Å². The SMILES string of the molecule is C=C(O)/N=C1/C=Cc2sc3c(c2/C1=C/C)NC[C@@H](C)NC3=O. The van der Waals surface area contributed by atoms with Crippen molar-refractivity contribution in [2.24, 2.45) is 4.99 Å². The molecule has 1 amide bonds. The van der Waals surface area contributed by atoms with Crippen LogP contribution in [0.5, 0.6) is 0 Å². The van der Waals surface area contributed by atoms with Gasteiger partial charge in [0.2, 0.25) is 5.88 Å². The molecule has 6 heteroatoms. The number of nitrogens with one attached hydrogen (secondary N) is 2. The van der Waals surface area contributed by atoms with Crippen LogP contribution in [0.1, 0.15) is 34.0 Å². The number of nitrogens with zero attached hydrogens (tertiary/aromatic N) is 1. The van der Waals surface area contributed by atoms with Gasteiger partial charge in [0.15, 0.2) is 0 Å². The Morgan fingerprint density at radius 1 is 1.55 bits per heavy atom. The van der Waals surface area contributed by atoms with Crippen LogP contribution in [-0.2, 0) is 0 Å². The van der Waals surface area contributed by atoms with E-state index in [0.29, 0.717) is 17.1 Å². The quantitative estimate of drug-likeness (QED) is 0.697. The van der Waals surface area contributed by atoms with Gasteiger partial charge in [-0.25, -0.2) is 4.99 Å². The summed E-state index contributed by atoms with van der Waals surface area (Å²) in [5.41, 5.74) is 3.34. The molecule has 3 N–H and O–H groups in total. The Morgan fingerprint density at radius 3 is 3.00 bits per heavy atom. The molecule has 3 rings (SSSR count). The summed E-state index contributed by atoms with van der Waals surface area (Å²) in [5, 5.41) is 15.7. The maximum atomic E-state index is 12.3. The number of thiophene rings is 1. The molecule has 1 aromatic rings. The molecule has 1 aliphatic carbocycles. The van der Waals surface area contributed by atoms with Crippen LogP contribution in [0.3, 0.4) is 0 Å². The van der Waals surface area contributed by atoms with Crippen molar-refractivity contribution in [2.45, 2.75) is 19.9 Å². The van der Waals surface area contributed by atoms with Gasteiger partial charge in [-0.15, -0.1) is 11.3 Å². The molecule has 0 spiro atoms. The lowest BCUT2D eigenvalue weighted by atomic mass is 9.94. The molecule has 2 heterocycles. The first-order valence-electron chi connectivity index (χ1n) is 7.04. The van der Waals surface area contributed by atoms with Gasteiger partial charge in [0, 0.05) is 28.6 Å². The minimum atomic E-state index is -0.233. The monoisotopic (exact) mass is 315 g/mol. The number of anilines is 1. The summed E-state index contributed by atoms with van der Waals surface area (Å²) < 4.78 is 0. The third-order valence-electron chi connectivity index (χ3n) is 3.58. The number of aliphatic hydroxyl groups excluding tert-OH is 1. The normalized spacial score (nSPS) is 23.5. The lowest BCUT2D eigenvalue weighted by Gasteiger charge is -2.16. The zero-order valence-corrected chi connectivity index (χ0v) is 13.3. The summed E-state index contributed by atoms with van der Waals surface area (Å²) in [6.07, 6.45) is 5.68. The molecule has 0 saturated carbocycles. The van der Waals surface area contributed by atoms with Crippen LogP contribution in [0.2, 0.25) is 0 Å². The van der Waals surface area contributed by atoms with Gasteiger partial charge in [0.05, 0.1) is 11.4 Å². The fourth-order valence-corrected chi connectivity index (χ4v) is 3.76. The van der Waals surface area contributed by atoms with Crippen LogP contribution in [-0.4, -0.2) is 29.3 Å². The zero-order chi connectivity index (χ0) is 15.9. The summed E-state index contributed by atoms with van der Waals surface area (Å²) in [6, 6.07) is 0.0706. The number of allylic oxidation sites excluding steroid dienone is 3. The molecule has 114 valence electrons. The maximum Gasteiger partial charge on any atom is 0.263 e. The number of amides is 1. The van der Waals surface area contributed by atoms with Crippen molar-refractivity contribution in [3.8, 4) is 0 Å². The van der Waals surface area contributed by atoms with Crippen molar-refractivity contribution >= 4 is 40.3 Å². The largest absolute Gasteiger partial charge is 0.494 e. The highest BCUT2D eigenvalue weighted by Crippen LogP contribution is 2.42. The second-order valence-corrected chi connectivity index (χ2v) is 6.30. The molecule has 1 aromatic heterocycles. The van der Waals surface area contributed by atoms with E-state index in [1.165, 1.54) is 11.3 Å². The fraction of sp³-hybridized carbons (Fsp3) is 0.250. The lowest BCUT2D eigenvalue weighted by molar-refractivity contribution is 0.0949. The Labute approximate surface area is 132 Å². The molecule has 0 saturated heterocycles. The highest BCUT2D eigenvalue weighted by molar-refractivity contribution is 7.16. The van der Waals surface area contributed by atoms with Gasteiger partial charge >= 0.3 is 0 Å². The first kappa shape index (κ1) is 14.6. The average Bonchev–Trinajstić information content (AvgIpc) is 2.76. The molecule has 5 nitrogen and oxygen atoms in total. The molecule has 0 radical (unpaired) electrons. The van der Waals surface area contributed by atoms with E-state index >= 15 is 0 Å². The lowest BCUT2D eigenvalue weighted by Crippen LogP contribution is -2.34. The van der Waals surface area contributed by atoms with Gasteiger partial charge in [0.1, 0.15) is 4.88 Å². The third kappa shape index (κ3) is 2.35. The van der Waals surface area contributed by atoms with E-state index < -0.39 is 0 Å². The molecule has 2 aliphatic rings. The Kier molecular flexibility index (Phi) is 3.62.